The van der Waals surface area contributed by atoms with Gasteiger partial charge in [-0.2, -0.15) is 0 Å². The standard InChI is InChI=1S/C11H20N2O2/c12-10(11(14)15)4-5-13-6-8-2-1-3-9(8)7-13/h8-10H,1-7,12H2,(H,14,15). The number of hydrogen-bond donors (Lipinski definition) is 2. The third-order valence-corrected chi connectivity index (χ3v) is 3.88. The molecule has 0 aromatic carbocycles. The molecule has 15 heavy (non-hydrogen) atoms. The summed E-state index contributed by atoms with van der Waals surface area (Å²) in [6.07, 6.45) is 4.70. The summed E-state index contributed by atoms with van der Waals surface area (Å²) in [4.78, 5) is 12.9. The van der Waals surface area contributed by atoms with Gasteiger partial charge in [-0.05, 0) is 31.1 Å². The van der Waals surface area contributed by atoms with Gasteiger partial charge >= 0.3 is 5.97 Å². The molecule has 4 heteroatoms. The van der Waals surface area contributed by atoms with Crippen LogP contribution in [-0.4, -0.2) is 41.7 Å². The van der Waals surface area contributed by atoms with Crippen LogP contribution in [0.3, 0.4) is 0 Å². The van der Waals surface area contributed by atoms with Crippen LogP contribution < -0.4 is 5.73 Å². The van der Waals surface area contributed by atoms with Crippen molar-refractivity contribution in [3.8, 4) is 0 Å². The zero-order valence-corrected chi connectivity index (χ0v) is 9.06. The molecule has 1 heterocycles. The van der Waals surface area contributed by atoms with Gasteiger partial charge in [0.1, 0.15) is 6.04 Å². The number of carbonyl (C=O) groups is 1. The van der Waals surface area contributed by atoms with Gasteiger partial charge in [0.25, 0.3) is 0 Å². The fraction of sp³-hybridized carbons (Fsp3) is 0.909. The molecule has 1 saturated carbocycles. The number of fused-ring (bicyclic) bond motifs is 1. The maximum atomic E-state index is 10.6. The molecule has 2 rings (SSSR count). The maximum absolute atomic E-state index is 10.6. The lowest BCUT2D eigenvalue weighted by molar-refractivity contribution is -0.138. The van der Waals surface area contributed by atoms with Gasteiger partial charge in [-0.25, -0.2) is 0 Å². The zero-order chi connectivity index (χ0) is 10.8. The maximum Gasteiger partial charge on any atom is 0.320 e. The Bertz CT molecular complexity index is 233. The quantitative estimate of drug-likeness (QED) is 0.713. The largest absolute Gasteiger partial charge is 0.480 e. The Morgan fingerprint density at radius 2 is 2.00 bits per heavy atom. The highest BCUT2D eigenvalue weighted by Crippen LogP contribution is 2.37. The van der Waals surface area contributed by atoms with Crippen LogP contribution in [0.1, 0.15) is 25.7 Å². The smallest absolute Gasteiger partial charge is 0.320 e. The number of aliphatic carboxylic acids is 1. The lowest BCUT2D eigenvalue weighted by Gasteiger charge is -2.17. The Hall–Kier alpha value is -0.610. The summed E-state index contributed by atoms with van der Waals surface area (Å²) in [6, 6.07) is -0.689. The van der Waals surface area contributed by atoms with Gasteiger partial charge in [0, 0.05) is 19.6 Å². The van der Waals surface area contributed by atoms with Crippen molar-refractivity contribution in [3.63, 3.8) is 0 Å². The normalized spacial score (nSPS) is 32.9. The van der Waals surface area contributed by atoms with E-state index < -0.39 is 12.0 Å². The first-order valence-electron chi connectivity index (χ1n) is 5.87. The van der Waals surface area contributed by atoms with Crippen molar-refractivity contribution < 1.29 is 9.90 Å². The van der Waals surface area contributed by atoms with Gasteiger partial charge in [0.15, 0.2) is 0 Å². The van der Waals surface area contributed by atoms with Crippen molar-refractivity contribution in [1.82, 2.24) is 4.90 Å². The molecule has 1 saturated heterocycles. The number of rotatable bonds is 4. The number of nitrogens with zero attached hydrogens (tertiary/aromatic N) is 1. The number of likely N-dealkylation sites (tertiary alicyclic amines) is 1. The molecule has 3 atom stereocenters. The average Bonchev–Trinajstić information content (AvgIpc) is 2.72. The Balaban J connectivity index is 1.71. The van der Waals surface area contributed by atoms with Crippen LogP contribution in [0, 0.1) is 11.8 Å². The van der Waals surface area contributed by atoms with Crippen molar-refractivity contribution in [2.45, 2.75) is 31.7 Å². The molecule has 3 N–H and O–H groups in total. The van der Waals surface area contributed by atoms with Gasteiger partial charge in [-0.15, -0.1) is 0 Å². The number of hydrogen-bond acceptors (Lipinski definition) is 3. The van der Waals surface area contributed by atoms with Crippen molar-refractivity contribution in [3.05, 3.63) is 0 Å². The molecule has 0 amide bonds. The molecule has 0 spiro atoms. The van der Waals surface area contributed by atoms with E-state index in [1.165, 1.54) is 19.3 Å². The lowest BCUT2D eigenvalue weighted by Crippen LogP contribution is -2.35. The molecular weight excluding hydrogens is 192 g/mol. The number of carboxylic acids is 1. The minimum absolute atomic E-state index is 0.578. The van der Waals surface area contributed by atoms with Gasteiger partial charge < -0.3 is 15.7 Å². The first-order valence-corrected chi connectivity index (χ1v) is 5.87. The zero-order valence-electron chi connectivity index (χ0n) is 9.06. The Labute approximate surface area is 90.4 Å². The Kier molecular flexibility index (Phi) is 3.26. The lowest BCUT2D eigenvalue weighted by atomic mass is 10.0. The SMILES string of the molecule is NC(CCN1CC2CCCC2C1)C(=O)O. The number of nitrogens with two attached hydrogens (primary N) is 1. The van der Waals surface area contributed by atoms with Crippen LogP contribution >= 0.6 is 0 Å². The Morgan fingerprint density at radius 1 is 1.40 bits per heavy atom. The predicted octanol–water partition coefficient (Wildman–Crippen LogP) is 0.520. The molecular formula is C11H20N2O2. The van der Waals surface area contributed by atoms with E-state index in [2.05, 4.69) is 4.90 Å². The van der Waals surface area contributed by atoms with Crippen LogP contribution in [0.5, 0.6) is 0 Å². The Morgan fingerprint density at radius 3 is 2.53 bits per heavy atom. The van der Waals surface area contributed by atoms with Crippen molar-refractivity contribution in [2.75, 3.05) is 19.6 Å². The summed E-state index contributed by atoms with van der Waals surface area (Å²) < 4.78 is 0. The molecule has 2 aliphatic rings. The van der Waals surface area contributed by atoms with Crippen LogP contribution in [0.2, 0.25) is 0 Å². The highest BCUT2D eigenvalue weighted by atomic mass is 16.4. The fourth-order valence-corrected chi connectivity index (χ4v) is 2.96. The van der Waals surface area contributed by atoms with E-state index in [1.807, 2.05) is 0 Å². The van der Waals surface area contributed by atoms with E-state index in [0.29, 0.717) is 6.42 Å². The van der Waals surface area contributed by atoms with E-state index in [-0.39, 0.29) is 0 Å². The third-order valence-electron chi connectivity index (χ3n) is 3.88. The summed E-state index contributed by atoms with van der Waals surface area (Å²) >= 11 is 0. The van der Waals surface area contributed by atoms with E-state index in [4.69, 9.17) is 10.8 Å². The summed E-state index contributed by atoms with van der Waals surface area (Å²) in [5.41, 5.74) is 5.48. The van der Waals surface area contributed by atoms with Gasteiger partial charge in [0.2, 0.25) is 0 Å². The van der Waals surface area contributed by atoms with E-state index >= 15 is 0 Å². The van der Waals surface area contributed by atoms with Crippen LogP contribution in [0.4, 0.5) is 0 Å². The minimum Gasteiger partial charge on any atom is -0.480 e. The molecule has 3 unspecified atom stereocenters. The van der Waals surface area contributed by atoms with Crippen molar-refractivity contribution >= 4 is 5.97 Å². The molecule has 4 nitrogen and oxygen atoms in total. The summed E-state index contributed by atoms with van der Waals surface area (Å²) in [5, 5.41) is 8.67. The van der Waals surface area contributed by atoms with Crippen molar-refractivity contribution in [1.29, 1.82) is 0 Å². The second kappa shape index (κ2) is 4.49. The topological polar surface area (TPSA) is 66.6 Å². The molecule has 0 radical (unpaired) electrons. The fourth-order valence-electron chi connectivity index (χ4n) is 2.96. The summed E-state index contributed by atoms with van der Waals surface area (Å²) in [7, 11) is 0. The average molecular weight is 212 g/mol. The van der Waals surface area contributed by atoms with E-state index in [0.717, 1.165) is 31.5 Å². The second-order valence-electron chi connectivity index (χ2n) is 4.94. The van der Waals surface area contributed by atoms with Crippen LogP contribution in [-0.2, 0) is 4.79 Å². The molecule has 0 aromatic heterocycles. The minimum atomic E-state index is -0.880. The van der Waals surface area contributed by atoms with E-state index in [9.17, 15) is 4.79 Å². The molecule has 1 aliphatic carbocycles. The van der Waals surface area contributed by atoms with Crippen LogP contribution in [0.25, 0.3) is 0 Å². The van der Waals surface area contributed by atoms with Gasteiger partial charge in [-0.3, -0.25) is 4.79 Å². The second-order valence-corrected chi connectivity index (χ2v) is 4.94. The summed E-state index contributed by atoms with van der Waals surface area (Å²) in [6.45, 7) is 3.18. The molecule has 86 valence electrons. The number of carboxylic acid groups (broad SMARTS) is 1. The molecule has 1 aliphatic heterocycles. The van der Waals surface area contributed by atoms with Crippen molar-refractivity contribution in [2.24, 2.45) is 17.6 Å². The van der Waals surface area contributed by atoms with Crippen LogP contribution in [0.15, 0.2) is 0 Å². The highest BCUT2D eigenvalue weighted by molar-refractivity contribution is 5.72. The first-order chi connectivity index (χ1) is 7.16. The van der Waals surface area contributed by atoms with E-state index in [1.54, 1.807) is 0 Å². The highest BCUT2D eigenvalue weighted by Gasteiger charge is 2.35. The van der Waals surface area contributed by atoms with Gasteiger partial charge in [-0.1, -0.05) is 6.42 Å². The predicted molar refractivity (Wildman–Crippen MR) is 57.5 cm³/mol. The first kappa shape index (κ1) is 10.9. The third kappa shape index (κ3) is 2.49. The van der Waals surface area contributed by atoms with Gasteiger partial charge in [0.05, 0.1) is 0 Å². The molecule has 0 bridgehead atoms. The molecule has 0 aromatic rings. The monoisotopic (exact) mass is 212 g/mol. The summed E-state index contributed by atoms with van der Waals surface area (Å²) in [5.74, 6) is 0.881. The molecule has 2 fully saturated rings.